The van der Waals surface area contributed by atoms with Crippen LogP contribution < -0.4 is 10.5 Å². The van der Waals surface area contributed by atoms with Crippen LogP contribution in [0.4, 0.5) is 10.5 Å². The highest BCUT2D eigenvalue weighted by atomic mass is 32.1. The number of hydrogen-bond acceptors (Lipinski definition) is 5. The van der Waals surface area contributed by atoms with E-state index >= 15 is 0 Å². The summed E-state index contributed by atoms with van der Waals surface area (Å²) in [6.07, 6.45) is -0.750. The highest BCUT2D eigenvalue weighted by Gasteiger charge is 2.10. The molecule has 0 saturated carbocycles. The topological polar surface area (TPSA) is 61.5 Å². The molecule has 0 radical (unpaired) electrons. The number of rotatable bonds is 1. The first-order chi connectivity index (χ1) is 5.65. The Bertz CT molecular complexity index is 295. The molecular formula is C7H9NO3S. The number of nitrogen functional groups attached to an aromatic ring is 1. The predicted molar refractivity (Wildman–Crippen MR) is 46.5 cm³/mol. The van der Waals surface area contributed by atoms with Crippen LogP contribution in [0.1, 0.15) is 4.88 Å². The molecule has 1 heterocycles. The van der Waals surface area contributed by atoms with E-state index in [0.29, 0.717) is 11.4 Å². The van der Waals surface area contributed by atoms with Crippen molar-refractivity contribution in [1.29, 1.82) is 0 Å². The van der Waals surface area contributed by atoms with Crippen LogP contribution in [0.3, 0.4) is 0 Å². The van der Waals surface area contributed by atoms with E-state index in [1.54, 1.807) is 5.38 Å². The van der Waals surface area contributed by atoms with Crippen LogP contribution >= 0.6 is 11.3 Å². The van der Waals surface area contributed by atoms with Crippen LogP contribution in [-0.2, 0) is 4.74 Å². The summed E-state index contributed by atoms with van der Waals surface area (Å²) in [5.41, 5.74) is 6.07. The van der Waals surface area contributed by atoms with Gasteiger partial charge >= 0.3 is 6.16 Å². The third-order valence-corrected chi connectivity index (χ3v) is 2.25. The van der Waals surface area contributed by atoms with E-state index in [1.807, 2.05) is 6.92 Å². The molecule has 0 saturated heterocycles. The molecule has 0 spiro atoms. The Morgan fingerprint density at radius 3 is 2.75 bits per heavy atom. The van der Waals surface area contributed by atoms with Crippen molar-refractivity contribution in [3.8, 4) is 5.75 Å². The molecule has 0 unspecified atom stereocenters. The van der Waals surface area contributed by atoms with Crippen molar-refractivity contribution in [2.24, 2.45) is 0 Å². The molecule has 0 fully saturated rings. The third kappa shape index (κ3) is 1.68. The van der Waals surface area contributed by atoms with Gasteiger partial charge in [0.05, 0.1) is 12.8 Å². The summed E-state index contributed by atoms with van der Waals surface area (Å²) in [6, 6.07) is 0. The maximum Gasteiger partial charge on any atom is 0.513 e. The second kappa shape index (κ2) is 3.44. The van der Waals surface area contributed by atoms with Gasteiger partial charge in [0.2, 0.25) is 0 Å². The number of aryl methyl sites for hydroxylation is 1. The zero-order valence-electron chi connectivity index (χ0n) is 6.79. The Morgan fingerprint density at radius 1 is 1.67 bits per heavy atom. The summed E-state index contributed by atoms with van der Waals surface area (Å²) < 4.78 is 9.05. The normalized spacial score (nSPS) is 9.50. The van der Waals surface area contributed by atoms with Crippen LogP contribution in [0.5, 0.6) is 5.75 Å². The Labute approximate surface area is 73.9 Å². The Kier molecular flexibility index (Phi) is 2.54. The monoisotopic (exact) mass is 187 g/mol. The largest absolute Gasteiger partial charge is 0.513 e. The molecule has 5 heteroatoms. The van der Waals surface area contributed by atoms with E-state index in [1.165, 1.54) is 18.4 Å². The standard InChI is InChI=1S/C7H9NO3S/c1-4-6(8)5(3-12-4)11-7(9)10-2/h3H,8H2,1-2H3. The van der Waals surface area contributed by atoms with Gasteiger partial charge in [-0.15, -0.1) is 11.3 Å². The van der Waals surface area contributed by atoms with Gasteiger partial charge in [0.15, 0.2) is 5.75 Å². The molecule has 1 rings (SSSR count). The molecule has 0 amide bonds. The maximum atomic E-state index is 10.6. The number of hydrogen-bond donors (Lipinski definition) is 1. The van der Waals surface area contributed by atoms with Crippen molar-refractivity contribution in [3.05, 3.63) is 10.3 Å². The van der Waals surface area contributed by atoms with Crippen LogP contribution in [0.2, 0.25) is 0 Å². The van der Waals surface area contributed by atoms with Gasteiger partial charge in [-0.2, -0.15) is 0 Å². The molecule has 4 nitrogen and oxygen atoms in total. The van der Waals surface area contributed by atoms with Crippen molar-refractivity contribution in [2.75, 3.05) is 12.8 Å². The smallest absolute Gasteiger partial charge is 0.437 e. The minimum Gasteiger partial charge on any atom is -0.437 e. The van der Waals surface area contributed by atoms with Crippen molar-refractivity contribution in [3.63, 3.8) is 0 Å². The molecule has 0 aliphatic heterocycles. The summed E-state index contributed by atoms with van der Waals surface area (Å²) >= 11 is 1.43. The lowest BCUT2D eigenvalue weighted by atomic mass is 10.4. The second-order valence-electron chi connectivity index (χ2n) is 2.13. The molecule has 2 N–H and O–H groups in total. The van der Waals surface area contributed by atoms with E-state index < -0.39 is 6.16 Å². The van der Waals surface area contributed by atoms with Crippen molar-refractivity contribution in [1.82, 2.24) is 0 Å². The van der Waals surface area contributed by atoms with E-state index in [2.05, 4.69) is 4.74 Å². The lowest BCUT2D eigenvalue weighted by Gasteiger charge is -2.00. The highest BCUT2D eigenvalue weighted by Crippen LogP contribution is 2.31. The molecule has 1 aromatic heterocycles. The predicted octanol–water partition coefficient (Wildman–Crippen LogP) is 1.78. The molecular weight excluding hydrogens is 178 g/mol. The fourth-order valence-electron chi connectivity index (χ4n) is 0.653. The molecule has 66 valence electrons. The average molecular weight is 187 g/mol. The Balaban J connectivity index is 2.76. The summed E-state index contributed by atoms with van der Waals surface area (Å²) in [5.74, 6) is 0.365. The minimum absolute atomic E-state index is 0.365. The molecule has 0 aliphatic carbocycles. The first-order valence-corrected chi connectivity index (χ1v) is 4.12. The van der Waals surface area contributed by atoms with Gasteiger partial charge < -0.3 is 15.2 Å². The Hall–Kier alpha value is -1.23. The summed E-state index contributed by atoms with van der Waals surface area (Å²) in [4.78, 5) is 11.6. The first kappa shape index (κ1) is 8.86. The summed E-state index contributed by atoms with van der Waals surface area (Å²) in [5, 5.41) is 1.67. The maximum absolute atomic E-state index is 10.6. The average Bonchev–Trinajstić information content (AvgIpc) is 2.36. The fraction of sp³-hybridized carbons (Fsp3) is 0.286. The number of nitrogens with two attached hydrogens (primary N) is 1. The molecule has 0 aliphatic rings. The highest BCUT2D eigenvalue weighted by molar-refractivity contribution is 7.10. The molecule has 0 aromatic carbocycles. The fourth-order valence-corrected chi connectivity index (χ4v) is 1.34. The zero-order chi connectivity index (χ0) is 9.14. The van der Waals surface area contributed by atoms with Crippen molar-refractivity contribution >= 4 is 23.2 Å². The van der Waals surface area contributed by atoms with Gasteiger partial charge in [0, 0.05) is 10.3 Å². The van der Waals surface area contributed by atoms with Gasteiger partial charge in [-0.25, -0.2) is 4.79 Å². The van der Waals surface area contributed by atoms with Gasteiger partial charge in [0.25, 0.3) is 0 Å². The van der Waals surface area contributed by atoms with Gasteiger partial charge in [0.1, 0.15) is 0 Å². The lowest BCUT2D eigenvalue weighted by molar-refractivity contribution is 0.122. The number of ether oxygens (including phenoxy) is 2. The van der Waals surface area contributed by atoms with Crippen LogP contribution in [0, 0.1) is 6.92 Å². The number of carbonyl (C=O) groups is 1. The van der Waals surface area contributed by atoms with Crippen LogP contribution in [0.15, 0.2) is 5.38 Å². The first-order valence-electron chi connectivity index (χ1n) is 3.24. The second-order valence-corrected chi connectivity index (χ2v) is 3.21. The van der Waals surface area contributed by atoms with Crippen LogP contribution in [-0.4, -0.2) is 13.3 Å². The summed E-state index contributed by atoms with van der Waals surface area (Å²) in [6.45, 7) is 1.85. The van der Waals surface area contributed by atoms with Gasteiger partial charge in [-0.1, -0.05) is 0 Å². The number of anilines is 1. The van der Waals surface area contributed by atoms with Crippen LogP contribution in [0.25, 0.3) is 0 Å². The van der Waals surface area contributed by atoms with E-state index in [9.17, 15) is 4.79 Å². The van der Waals surface area contributed by atoms with E-state index in [0.717, 1.165) is 4.88 Å². The number of methoxy groups -OCH3 is 1. The van der Waals surface area contributed by atoms with E-state index in [4.69, 9.17) is 10.5 Å². The number of carbonyl (C=O) groups excluding carboxylic acids is 1. The lowest BCUT2D eigenvalue weighted by Crippen LogP contribution is -2.07. The Morgan fingerprint density at radius 2 is 2.33 bits per heavy atom. The zero-order valence-corrected chi connectivity index (χ0v) is 7.60. The van der Waals surface area contributed by atoms with E-state index in [-0.39, 0.29) is 0 Å². The van der Waals surface area contributed by atoms with Crippen molar-refractivity contribution in [2.45, 2.75) is 6.92 Å². The molecule has 1 aromatic rings. The third-order valence-electron chi connectivity index (χ3n) is 1.35. The van der Waals surface area contributed by atoms with Gasteiger partial charge in [-0.05, 0) is 6.92 Å². The summed E-state index contributed by atoms with van der Waals surface area (Å²) in [7, 11) is 1.25. The quantitative estimate of drug-likeness (QED) is 0.681. The molecule has 0 atom stereocenters. The SMILES string of the molecule is COC(=O)Oc1csc(C)c1N. The van der Waals surface area contributed by atoms with Gasteiger partial charge in [-0.3, -0.25) is 0 Å². The minimum atomic E-state index is -0.750. The number of thiophene rings is 1. The molecule has 12 heavy (non-hydrogen) atoms. The van der Waals surface area contributed by atoms with Crippen molar-refractivity contribution < 1.29 is 14.3 Å². The molecule has 0 bridgehead atoms.